The topological polar surface area (TPSA) is 72.2 Å². The molecule has 2 rings (SSSR count). The Kier molecular flexibility index (Phi) is 3.88. The molecule has 0 saturated carbocycles. The van der Waals surface area contributed by atoms with Gasteiger partial charge in [0.25, 0.3) is 10.0 Å². The van der Waals surface area contributed by atoms with E-state index in [1.54, 1.807) is 18.4 Å². The van der Waals surface area contributed by atoms with E-state index in [1.807, 2.05) is 0 Å². The number of anilines is 1. The Morgan fingerprint density at radius 3 is 2.74 bits per heavy atom. The Labute approximate surface area is 115 Å². The number of rotatable bonds is 4. The van der Waals surface area contributed by atoms with E-state index in [1.165, 1.54) is 23.5 Å². The van der Waals surface area contributed by atoms with Crippen molar-refractivity contribution in [1.82, 2.24) is 0 Å². The van der Waals surface area contributed by atoms with Crippen molar-refractivity contribution in [3.63, 3.8) is 0 Å². The molecule has 1 aromatic heterocycles. The molecule has 3 N–H and O–H groups in total. The zero-order chi connectivity index (χ0) is 14.0. The van der Waals surface area contributed by atoms with Crippen LogP contribution in [0, 0.1) is 12.7 Å². The maximum absolute atomic E-state index is 13.2. The fourth-order valence-corrected chi connectivity index (χ4v) is 4.10. The summed E-state index contributed by atoms with van der Waals surface area (Å²) in [6.45, 7) is 1.84. The fraction of sp³-hybridized carbons (Fsp3) is 0.167. The highest BCUT2D eigenvalue weighted by Crippen LogP contribution is 2.24. The summed E-state index contributed by atoms with van der Waals surface area (Å²) in [6, 6.07) is 5.52. The smallest absolute Gasteiger partial charge is 0.263 e. The van der Waals surface area contributed by atoms with Crippen LogP contribution in [0.3, 0.4) is 0 Å². The monoisotopic (exact) mass is 300 g/mol. The van der Waals surface area contributed by atoms with E-state index in [-0.39, 0.29) is 17.1 Å². The molecule has 19 heavy (non-hydrogen) atoms. The van der Waals surface area contributed by atoms with Crippen molar-refractivity contribution in [2.45, 2.75) is 18.4 Å². The Balaban J connectivity index is 2.36. The molecule has 102 valence electrons. The van der Waals surface area contributed by atoms with Crippen LogP contribution in [0.2, 0.25) is 0 Å². The van der Waals surface area contributed by atoms with E-state index < -0.39 is 15.8 Å². The first-order valence-corrected chi connectivity index (χ1v) is 7.85. The van der Waals surface area contributed by atoms with Gasteiger partial charge in [-0.05, 0) is 42.1 Å². The molecule has 0 fully saturated rings. The number of thiophene rings is 1. The fourth-order valence-electron chi connectivity index (χ4n) is 1.72. The Morgan fingerprint density at radius 2 is 2.11 bits per heavy atom. The number of hydrogen-bond donors (Lipinski definition) is 2. The Morgan fingerprint density at radius 1 is 1.37 bits per heavy atom. The SMILES string of the molecule is Cc1cc(F)cc(NS(=O)(=O)c2ccsc2CN)c1. The van der Waals surface area contributed by atoms with Gasteiger partial charge in [0.05, 0.1) is 5.69 Å². The highest BCUT2D eigenvalue weighted by atomic mass is 32.2. The molecule has 1 heterocycles. The van der Waals surface area contributed by atoms with Crippen molar-refractivity contribution in [3.8, 4) is 0 Å². The van der Waals surface area contributed by atoms with E-state index in [9.17, 15) is 12.8 Å². The van der Waals surface area contributed by atoms with Crippen molar-refractivity contribution < 1.29 is 12.8 Å². The average molecular weight is 300 g/mol. The van der Waals surface area contributed by atoms with E-state index in [0.29, 0.717) is 10.4 Å². The number of hydrogen-bond acceptors (Lipinski definition) is 4. The lowest BCUT2D eigenvalue weighted by molar-refractivity contribution is 0.600. The van der Waals surface area contributed by atoms with E-state index in [0.717, 1.165) is 6.07 Å². The summed E-state index contributed by atoms with van der Waals surface area (Å²) in [5.41, 5.74) is 6.33. The van der Waals surface area contributed by atoms with Crippen LogP contribution in [0.4, 0.5) is 10.1 Å². The molecule has 2 aromatic rings. The van der Waals surface area contributed by atoms with Crippen molar-refractivity contribution >= 4 is 27.0 Å². The normalized spacial score (nSPS) is 11.5. The number of benzene rings is 1. The molecule has 4 nitrogen and oxygen atoms in total. The number of halogens is 1. The maximum atomic E-state index is 13.2. The minimum atomic E-state index is -3.73. The zero-order valence-corrected chi connectivity index (χ0v) is 11.8. The van der Waals surface area contributed by atoms with Gasteiger partial charge in [0, 0.05) is 11.4 Å². The number of nitrogens with one attached hydrogen (secondary N) is 1. The van der Waals surface area contributed by atoms with Crippen LogP contribution >= 0.6 is 11.3 Å². The number of nitrogens with two attached hydrogens (primary N) is 1. The summed E-state index contributed by atoms with van der Waals surface area (Å²) in [5, 5.41) is 1.66. The largest absolute Gasteiger partial charge is 0.326 e. The molecule has 0 amide bonds. The molecule has 0 saturated heterocycles. The summed E-state index contributed by atoms with van der Waals surface area (Å²) in [4.78, 5) is 0.711. The van der Waals surface area contributed by atoms with Crippen LogP contribution in [0.1, 0.15) is 10.4 Å². The predicted molar refractivity (Wildman–Crippen MR) is 74.2 cm³/mol. The minimum Gasteiger partial charge on any atom is -0.326 e. The van der Waals surface area contributed by atoms with Gasteiger partial charge >= 0.3 is 0 Å². The average Bonchev–Trinajstić information content (AvgIpc) is 2.75. The molecule has 0 aliphatic heterocycles. The third kappa shape index (κ3) is 3.12. The molecule has 1 aromatic carbocycles. The van der Waals surface area contributed by atoms with Gasteiger partial charge in [0.15, 0.2) is 0 Å². The first-order valence-electron chi connectivity index (χ1n) is 5.49. The van der Waals surface area contributed by atoms with Crippen LogP contribution in [0.25, 0.3) is 0 Å². The maximum Gasteiger partial charge on any atom is 0.263 e. The van der Waals surface area contributed by atoms with Gasteiger partial charge in [-0.1, -0.05) is 0 Å². The van der Waals surface area contributed by atoms with Crippen LogP contribution in [0.15, 0.2) is 34.5 Å². The van der Waals surface area contributed by atoms with Gasteiger partial charge in [0.2, 0.25) is 0 Å². The Bertz CT molecular complexity index is 675. The van der Waals surface area contributed by atoms with E-state index in [4.69, 9.17) is 5.73 Å². The number of sulfonamides is 1. The molecule has 0 aliphatic rings. The quantitative estimate of drug-likeness (QED) is 0.911. The second-order valence-corrected chi connectivity index (χ2v) is 6.69. The lowest BCUT2D eigenvalue weighted by Crippen LogP contribution is -2.14. The standard InChI is InChI=1S/C12H13FN2O2S2/c1-8-4-9(13)6-10(5-8)15-19(16,17)12-2-3-18-11(12)7-14/h2-6,15H,7,14H2,1H3. The second-order valence-electron chi connectivity index (χ2n) is 4.03. The highest BCUT2D eigenvalue weighted by molar-refractivity contribution is 7.93. The molecule has 0 bridgehead atoms. The van der Waals surface area contributed by atoms with E-state index in [2.05, 4.69) is 4.72 Å². The Hall–Kier alpha value is -1.44. The summed E-state index contributed by atoms with van der Waals surface area (Å²) >= 11 is 1.28. The summed E-state index contributed by atoms with van der Waals surface area (Å²) in [5.74, 6) is -0.484. The molecular weight excluding hydrogens is 287 g/mol. The first-order chi connectivity index (χ1) is 8.92. The highest BCUT2D eigenvalue weighted by Gasteiger charge is 2.19. The van der Waals surface area contributed by atoms with Gasteiger partial charge in [0.1, 0.15) is 10.7 Å². The van der Waals surface area contributed by atoms with Crippen molar-refractivity contribution in [3.05, 3.63) is 45.9 Å². The van der Waals surface area contributed by atoms with Crippen molar-refractivity contribution in [2.75, 3.05) is 4.72 Å². The molecule has 0 unspecified atom stereocenters. The molecule has 0 radical (unpaired) electrons. The lowest BCUT2D eigenvalue weighted by Gasteiger charge is -2.09. The second kappa shape index (κ2) is 5.28. The van der Waals surface area contributed by atoms with Crippen LogP contribution < -0.4 is 10.5 Å². The third-order valence-electron chi connectivity index (χ3n) is 2.47. The number of aryl methyl sites for hydroxylation is 1. The van der Waals surface area contributed by atoms with Gasteiger partial charge in [-0.2, -0.15) is 0 Å². The van der Waals surface area contributed by atoms with E-state index >= 15 is 0 Å². The molecular formula is C12H13FN2O2S2. The van der Waals surface area contributed by atoms with Gasteiger partial charge < -0.3 is 5.73 Å². The summed E-state index contributed by atoms with van der Waals surface area (Å²) in [7, 11) is -3.73. The lowest BCUT2D eigenvalue weighted by atomic mass is 10.2. The van der Waals surface area contributed by atoms with Crippen LogP contribution in [-0.2, 0) is 16.6 Å². The van der Waals surface area contributed by atoms with Crippen molar-refractivity contribution in [1.29, 1.82) is 0 Å². The van der Waals surface area contributed by atoms with Gasteiger partial charge in [-0.25, -0.2) is 12.8 Å². The minimum absolute atomic E-state index is 0.141. The molecule has 0 aliphatic carbocycles. The molecule has 0 spiro atoms. The third-order valence-corrected chi connectivity index (χ3v) is 5.01. The van der Waals surface area contributed by atoms with Crippen molar-refractivity contribution in [2.24, 2.45) is 5.73 Å². The summed E-state index contributed by atoms with van der Waals surface area (Å²) < 4.78 is 40.0. The first kappa shape index (κ1) is 14.0. The molecule has 7 heteroatoms. The predicted octanol–water partition coefficient (Wildman–Crippen LogP) is 2.46. The summed E-state index contributed by atoms with van der Waals surface area (Å²) in [6.07, 6.45) is 0. The molecule has 0 atom stereocenters. The van der Waals surface area contributed by atoms with Gasteiger partial charge in [-0.15, -0.1) is 11.3 Å². The van der Waals surface area contributed by atoms with Crippen LogP contribution in [-0.4, -0.2) is 8.42 Å². The zero-order valence-electron chi connectivity index (χ0n) is 10.2. The van der Waals surface area contributed by atoms with Gasteiger partial charge in [-0.3, -0.25) is 4.72 Å². The van der Waals surface area contributed by atoms with Crippen LogP contribution in [0.5, 0.6) is 0 Å².